The van der Waals surface area contributed by atoms with Gasteiger partial charge in [-0.1, -0.05) is 6.07 Å². The summed E-state index contributed by atoms with van der Waals surface area (Å²) in [6.07, 6.45) is 1.66. The molecule has 0 amide bonds. The van der Waals surface area contributed by atoms with Gasteiger partial charge in [-0.2, -0.15) is 4.31 Å². The van der Waals surface area contributed by atoms with Crippen molar-refractivity contribution in [3.05, 3.63) is 24.3 Å². The first-order chi connectivity index (χ1) is 9.61. The highest BCUT2D eigenvalue weighted by atomic mass is 32.2. The highest BCUT2D eigenvalue weighted by Gasteiger charge is 2.40. The fourth-order valence-electron chi connectivity index (χ4n) is 2.58. The Morgan fingerprint density at radius 3 is 2.45 bits per heavy atom. The van der Waals surface area contributed by atoms with Crippen molar-refractivity contribution in [1.82, 2.24) is 4.31 Å². The fourth-order valence-corrected chi connectivity index (χ4v) is 4.41. The zero-order chi connectivity index (χ0) is 14.2. The van der Waals surface area contributed by atoms with Crippen molar-refractivity contribution in [2.75, 3.05) is 38.2 Å². The van der Waals surface area contributed by atoms with Crippen LogP contribution in [0, 0.1) is 0 Å². The Bertz CT molecular complexity index is 576. The number of piperazine rings is 1. The lowest BCUT2D eigenvalue weighted by atomic mass is 10.2. The Labute approximate surface area is 120 Å². The largest absolute Gasteiger partial charge is 0.497 e. The van der Waals surface area contributed by atoms with Crippen molar-refractivity contribution >= 4 is 15.7 Å². The molecule has 6 heteroatoms. The summed E-state index contributed by atoms with van der Waals surface area (Å²) >= 11 is 0. The molecule has 0 unspecified atom stereocenters. The molecule has 1 saturated heterocycles. The summed E-state index contributed by atoms with van der Waals surface area (Å²) in [5, 5.41) is -0.106. The molecule has 2 aliphatic rings. The number of hydrogen-bond donors (Lipinski definition) is 0. The number of sulfonamides is 1. The molecular weight excluding hydrogens is 276 g/mol. The van der Waals surface area contributed by atoms with Gasteiger partial charge < -0.3 is 9.64 Å². The highest BCUT2D eigenvalue weighted by molar-refractivity contribution is 7.90. The summed E-state index contributed by atoms with van der Waals surface area (Å²) in [6.45, 7) is 2.63. The minimum atomic E-state index is -3.03. The van der Waals surface area contributed by atoms with E-state index in [4.69, 9.17) is 4.74 Å². The van der Waals surface area contributed by atoms with E-state index in [-0.39, 0.29) is 5.25 Å². The minimum Gasteiger partial charge on any atom is -0.497 e. The van der Waals surface area contributed by atoms with Gasteiger partial charge in [-0.3, -0.25) is 0 Å². The van der Waals surface area contributed by atoms with E-state index in [1.54, 1.807) is 11.4 Å². The summed E-state index contributed by atoms with van der Waals surface area (Å²) in [6, 6.07) is 7.90. The van der Waals surface area contributed by atoms with Gasteiger partial charge in [0.05, 0.1) is 12.4 Å². The van der Waals surface area contributed by atoms with E-state index in [0.717, 1.165) is 37.4 Å². The molecule has 1 aliphatic carbocycles. The SMILES string of the molecule is COc1cccc(N2CCN(S(=O)(=O)C3CC3)CC2)c1. The van der Waals surface area contributed by atoms with Crippen LogP contribution in [0.4, 0.5) is 5.69 Å². The summed E-state index contributed by atoms with van der Waals surface area (Å²) < 4.78 is 31.2. The number of methoxy groups -OCH3 is 1. The first kappa shape index (κ1) is 13.7. The average Bonchev–Trinajstić information content (AvgIpc) is 3.32. The molecule has 2 fully saturated rings. The second-order valence-electron chi connectivity index (χ2n) is 5.33. The molecule has 1 aromatic carbocycles. The van der Waals surface area contributed by atoms with Gasteiger partial charge in [0, 0.05) is 37.9 Å². The van der Waals surface area contributed by atoms with Gasteiger partial charge in [0.1, 0.15) is 5.75 Å². The first-order valence-corrected chi connectivity index (χ1v) is 8.49. The van der Waals surface area contributed by atoms with E-state index in [2.05, 4.69) is 4.90 Å². The standard InChI is InChI=1S/C14H20N2O3S/c1-19-13-4-2-3-12(11-13)15-7-9-16(10-8-15)20(17,18)14-5-6-14/h2-4,11,14H,5-10H2,1H3. The van der Waals surface area contributed by atoms with Crippen molar-refractivity contribution in [1.29, 1.82) is 0 Å². The lowest BCUT2D eigenvalue weighted by molar-refractivity contribution is 0.383. The van der Waals surface area contributed by atoms with E-state index in [9.17, 15) is 8.42 Å². The maximum Gasteiger partial charge on any atom is 0.217 e. The number of hydrogen-bond acceptors (Lipinski definition) is 4. The van der Waals surface area contributed by atoms with Crippen LogP contribution < -0.4 is 9.64 Å². The summed E-state index contributed by atoms with van der Waals surface area (Å²) in [5.74, 6) is 0.829. The average molecular weight is 296 g/mol. The monoisotopic (exact) mass is 296 g/mol. The number of rotatable bonds is 4. The van der Waals surface area contributed by atoms with Gasteiger partial charge in [0.15, 0.2) is 0 Å². The molecule has 1 saturated carbocycles. The van der Waals surface area contributed by atoms with E-state index in [1.165, 1.54) is 0 Å². The molecule has 0 spiro atoms. The van der Waals surface area contributed by atoms with E-state index in [1.807, 2.05) is 24.3 Å². The van der Waals surface area contributed by atoms with Crippen LogP contribution in [-0.4, -0.2) is 51.3 Å². The first-order valence-electron chi connectivity index (χ1n) is 6.99. The number of ether oxygens (including phenoxy) is 1. The molecule has 0 radical (unpaired) electrons. The molecule has 3 rings (SSSR count). The van der Waals surface area contributed by atoms with Gasteiger partial charge in [0.25, 0.3) is 0 Å². The third kappa shape index (κ3) is 2.62. The number of anilines is 1. The van der Waals surface area contributed by atoms with E-state index >= 15 is 0 Å². The second kappa shape index (κ2) is 5.26. The third-order valence-electron chi connectivity index (χ3n) is 3.96. The normalized spacial score (nSPS) is 20.9. The van der Waals surface area contributed by atoms with Crippen LogP contribution >= 0.6 is 0 Å². The minimum absolute atomic E-state index is 0.106. The Kier molecular flexibility index (Phi) is 3.60. The van der Waals surface area contributed by atoms with E-state index < -0.39 is 10.0 Å². The van der Waals surface area contributed by atoms with Crippen molar-refractivity contribution < 1.29 is 13.2 Å². The molecule has 1 heterocycles. The van der Waals surface area contributed by atoms with Crippen molar-refractivity contribution in [2.45, 2.75) is 18.1 Å². The van der Waals surface area contributed by atoms with Crippen LogP contribution in [-0.2, 0) is 10.0 Å². The molecule has 0 aromatic heterocycles. The van der Waals surface area contributed by atoms with Crippen LogP contribution in [0.2, 0.25) is 0 Å². The van der Waals surface area contributed by atoms with Gasteiger partial charge in [-0.25, -0.2) is 8.42 Å². The number of nitrogens with zero attached hydrogens (tertiary/aromatic N) is 2. The Morgan fingerprint density at radius 1 is 1.15 bits per heavy atom. The Hall–Kier alpha value is -1.27. The van der Waals surface area contributed by atoms with Crippen LogP contribution in [0.25, 0.3) is 0 Å². The Balaban J connectivity index is 1.66. The summed E-state index contributed by atoms with van der Waals surface area (Å²) in [5.41, 5.74) is 1.09. The molecular formula is C14H20N2O3S. The quantitative estimate of drug-likeness (QED) is 0.840. The molecule has 0 atom stereocenters. The smallest absolute Gasteiger partial charge is 0.217 e. The molecule has 5 nitrogen and oxygen atoms in total. The second-order valence-corrected chi connectivity index (χ2v) is 7.54. The summed E-state index contributed by atoms with van der Waals surface area (Å²) in [7, 11) is -1.37. The predicted molar refractivity (Wildman–Crippen MR) is 78.7 cm³/mol. The molecule has 1 aliphatic heterocycles. The molecule has 110 valence electrons. The van der Waals surface area contributed by atoms with Crippen LogP contribution in [0.1, 0.15) is 12.8 Å². The topological polar surface area (TPSA) is 49.9 Å². The Morgan fingerprint density at radius 2 is 1.85 bits per heavy atom. The molecule has 0 N–H and O–H groups in total. The summed E-state index contributed by atoms with van der Waals surface area (Å²) in [4.78, 5) is 2.21. The molecule has 1 aromatic rings. The predicted octanol–water partition coefficient (Wildman–Crippen LogP) is 1.31. The maximum atomic E-state index is 12.2. The van der Waals surface area contributed by atoms with Gasteiger partial charge in [-0.15, -0.1) is 0 Å². The lowest BCUT2D eigenvalue weighted by Gasteiger charge is -2.35. The lowest BCUT2D eigenvalue weighted by Crippen LogP contribution is -2.49. The molecule has 20 heavy (non-hydrogen) atoms. The fraction of sp³-hybridized carbons (Fsp3) is 0.571. The zero-order valence-corrected chi connectivity index (χ0v) is 12.5. The molecule has 0 bridgehead atoms. The zero-order valence-electron chi connectivity index (χ0n) is 11.7. The van der Waals surface area contributed by atoms with Crippen molar-refractivity contribution in [2.24, 2.45) is 0 Å². The maximum absolute atomic E-state index is 12.2. The van der Waals surface area contributed by atoms with Crippen molar-refractivity contribution in [3.63, 3.8) is 0 Å². The third-order valence-corrected chi connectivity index (χ3v) is 6.36. The van der Waals surface area contributed by atoms with Crippen LogP contribution in [0.3, 0.4) is 0 Å². The van der Waals surface area contributed by atoms with Gasteiger partial charge >= 0.3 is 0 Å². The van der Waals surface area contributed by atoms with Crippen LogP contribution in [0.5, 0.6) is 5.75 Å². The highest BCUT2D eigenvalue weighted by Crippen LogP contribution is 2.32. The van der Waals surface area contributed by atoms with Crippen LogP contribution in [0.15, 0.2) is 24.3 Å². The van der Waals surface area contributed by atoms with Crippen molar-refractivity contribution in [3.8, 4) is 5.75 Å². The van der Waals surface area contributed by atoms with E-state index in [0.29, 0.717) is 13.1 Å². The number of benzene rings is 1. The van der Waals surface area contributed by atoms with Gasteiger partial charge in [-0.05, 0) is 25.0 Å². The van der Waals surface area contributed by atoms with Gasteiger partial charge in [0.2, 0.25) is 10.0 Å².